The maximum atomic E-state index is 5.24. The maximum absolute atomic E-state index is 5.24. The van der Waals surface area contributed by atoms with E-state index < -0.39 is 0 Å². The molecule has 2 nitrogen and oxygen atoms in total. The van der Waals surface area contributed by atoms with E-state index in [1.807, 2.05) is 12.1 Å². The molecule has 0 heterocycles. The monoisotopic (exact) mass is 285 g/mol. The van der Waals surface area contributed by atoms with Crippen LogP contribution in [0, 0.1) is 0 Å². The van der Waals surface area contributed by atoms with E-state index in [2.05, 4.69) is 34.2 Å². The van der Waals surface area contributed by atoms with E-state index in [9.17, 15) is 0 Å². The second kappa shape index (κ2) is 7.55. The van der Waals surface area contributed by atoms with Gasteiger partial charge in [-0.1, -0.05) is 26.2 Å². The zero-order valence-electron chi connectivity index (χ0n) is 10.1. The Morgan fingerprint density at radius 3 is 2.75 bits per heavy atom. The molecule has 1 aromatic carbocycles. The van der Waals surface area contributed by atoms with Crippen LogP contribution in [0.25, 0.3) is 0 Å². The smallest absolute Gasteiger partial charge is 0.135 e. The molecule has 0 aliphatic rings. The predicted molar refractivity (Wildman–Crippen MR) is 73.3 cm³/mol. The van der Waals surface area contributed by atoms with Gasteiger partial charge in [-0.3, -0.25) is 0 Å². The Bertz CT molecular complexity index is 315. The molecular formula is C13H20BrNO. The Kier molecular flexibility index (Phi) is 6.31. The first-order valence-electron chi connectivity index (χ1n) is 5.85. The Morgan fingerprint density at radius 2 is 2.06 bits per heavy atom. The summed E-state index contributed by atoms with van der Waals surface area (Å²) in [6.07, 6.45) is 5.14. The van der Waals surface area contributed by atoms with E-state index in [-0.39, 0.29) is 0 Å². The molecule has 16 heavy (non-hydrogen) atoms. The maximum Gasteiger partial charge on any atom is 0.135 e. The highest BCUT2D eigenvalue weighted by Crippen LogP contribution is 2.27. The Balaban J connectivity index is 2.36. The van der Waals surface area contributed by atoms with Gasteiger partial charge in [0.1, 0.15) is 5.75 Å². The molecule has 0 aliphatic carbocycles. The van der Waals surface area contributed by atoms with Crippen LogP contribution in [-0.2, 0) is 0 Å². The summed E-state index contributed by atoms with van der Waals surface area (Å²) in [4.78, 5) is 0. The van der Waals surface area contributed by atoms with Crippen LogP contribution < -0.4 is 10.1 Å². The molecule has 0 aromatic heterocycles. The zero-order valence-corrected chi connectivity index (χ0v) is 11.6. The first kappa shape index (κ1) is 13.4. The summed E-state index contributed by atoms with van der Waals surface area (Å²) in [5.74, 6) is 0.874. The van der Waals surface area contributed by atoms with Gasteiger partial charge in [-0.15, -0.1) is 0 Å². The lowest BCUT2D eigenvalue weighted by Crippen LogP contribution is -2.01. The van der Waals surface area contributed by atoms with Crippen molar-refractivity contribution >= 4 is 21.6 Å². The molecule has 0 aliphatic heterocycles. The summed E-state index contributed by atoms with van der Waals surface area (Å²) in [6, 6.07) is 6.09. The third-order valence-electron chi connectivity index (χ3n) is 2.51. The zero-order chi connectivity index (χ0) is 11.8. The number of benzene rings is 1. The van der Waals surface area contributed by atoms with Gasteiger partial charge in [0.05, 0.1) is 11.6 Å². The highest BCUT2D eigenvalue weighted by molar-refractivity contribution is 9.10. The van der Waals surface area contributed by atoms with Crippen LogP contribution in [0.15, 0.2) is 22.7 Å². The minimum atomic E-state index is 0.874. The van der Waals surface area contributed by atoms with Gasteiger partial charge in [0, 0.05) is 18.3 Å². The van der Waals surface area contributed by atoms with Gasteiger partial charge in [0.15, 0.2) is 0 Å². The predicted octanol–water partition coefficient (Wildman–Crippen LogP) is 4.45. The minimum Gasteiger partial charge on any atom is -0.495 e. The van der Waals surface area contributed by atoms with Crippen molar-refractivity contribution in [2.75, 3.05) is 19.0 Å². The van der Waals surface area contributed by atoms with Crippen molar-refractivity contribution < 1.29 is 4.74 Å². The lowest BCUT2D eigenvalue weighted by Gasteiger charge is -2.09. The number of unbranched alkanes of at least 4 members (excludes halogenated alkanes) is 3. The highest BCUT2D eigenvalue weighted by Gasteiger charge is 2.00. The fourth-order valence-electron chi connectivity index (χ4n) is 1.55. The molecule has 90 valence electrons. The van der Waals surface area contributed by atoms with Crippen molar-refractivity contribution in [2.24, 2.45) is 0 Å². The second-order valence-electron chi connectivity index (χ2n) is 3.84. The van der Waals surface area contributed by atoms with Crippen molar-refractivity contribution in [3.8, 4) is 5.75 Å². The van der Waals surface area contributed by atoms with Crippen molar-refractivity contribution in [3.05, 3.63) is 22.7 Å². The lowest BCUT2D eigenvalue weighted by atomic mass is 10.2. The summed E-state index contributed by atoms with van der Waals surface area (Å²) in [5, 5.41) is 3.40. The largest absolute Gasteiger partial charge is 0.495 e. The lowest BCUT2D eigenvalue weighted by molar-refractivity contribution is 0.412. The molecule has 0 fully saturated rings. The van der Waals surface area contributed by atoms with Crippen molar-refractivity contribution in [2.45, 2.75) is 32.6 Å². The molecule has 0 amide bonds. The Hall–Kier alpha value is -0.700. The fraction of sp³-hybridized carbons (Fsp3) is 0.538. The standard InChI is InChI=1S/C13H20BrNO/c1-3-4-5-6-9-15-11-7-8-12(14)13(10-11)16-2/h7-8,10,15H,3-6,9H2,1-2H3. The number of rotatable bonds is 7. The molecule has 1 N–H and O–H groups in total. The first-order chi connectivity index (χ1) is 7.77. The third kappa shape index (κ3) is 4.44. The molecule has 0 saturated heterocycles. The molecule has 1 aromatic rings. The number of anilines is 1. The summed E-state index contributed by atoms with van der Waals surface area (Å²) >= 11 is 3.44. The molecule has 0 atom stereocenters. The van der Waals surface area contributed by atoms with Crippen molar-refractivity contribution in [3.63, 3.8) is 0 Å². The molecule has 0 spiro atoms. The van der Waals surface area contributed by atoms with E-state index in [1.54, 1.807) is 7.11 Å². The van der Waals surface area contributed by atoms with Gasteiger partial charge in [-0.2, -0.15) is 0 Å². The van der Waals surface area contributed by atoms with Gasteiger partial charge in [-0.25, -0.2) is 0 Å². The van der Waals surface area contributed by atoms with Crippen molar-refractivity contribution in [1.29, 1.82) is 0 Å². The van der Waals surface area contributed by atoms with Gasteiger partial charge in [0.25, 0.3) is 0 Å². The molecule has 3 heteroatoms. The summed E-state index contributed by atoms with van der Waals surface area (Å²) in [7, 11) is 1.69. The van der Waals surface area contributed by atoms with E-state index in [0.29, 0.717) is 0 Å². The second-order valence-corrected chi connectivity index (χ2v) is 4.69. The molecule has 0 radical (unpaired) electrons. The first-order valence-corrected chi connectivity index (χ1v) is 6.64. The third-order valence-corrected chi connectivity index (χ3v) is 3.17. The van der Waals surface area contributed by atoms with Gasteiger partial charge >= 0.3 is 0 Å². The minimum absolute atomic E-state index is 0.874. The average molecular weight is 286 g/mol. The highest BCUT2D eigenvalue weighted by atomic mass is 79.9. The van der Waals surface area contributed by atoms with Crippen LogP contribution in [0.2, 0.25) is 0 Å². The molecule has 1 rings (SSSR count). The number of hydrogen-bond donors (Lipinski definition) is 1. The van der Waals surface area contributed by atoms with Gasteiger partial charge in [0.2, 0.25) is 0 Å². The Labute approximate surface area is 107 Å². The van der Waals surface area contributed by atoms with Gasteiger partial charge in [-0.05, 0) is 34.5 Å². The number of hydrogen-bond acceptors (Lipinski definition) is 2. The SMILES string of the molecule is CCCCCCNc1ccc(Br)c(OC)c1. The van der Waals surface area contributed by atoms with Crippen molar-refractivity contribution in [1.82, 2.24) is 0 Å². The summed E-state index contributed by atoms with van der Waals surface area (Å²) < 4.78 is 6.24. The molecule has 0 unspecified atom stereocenters. The van der Waals surface area contributed by atoms with Crippen LogP contribution in [0.5, 0.6) is 5.75 Å². The topological polar surface area (TPSA) is 21.3 Å². The normalized spacial score (nSPS) is 10.2. The van der Waals surface area contributed by atoms with E-state index in [1.165, 1.54) is 25.7 Å². The summed E-state index contributed by atoms with van der Waals surface area (Å²) in [6.45, 7) is 3.26. The van der Waals surface area contributed by atoms with Crippen LogP contribution in [0.1, 0.15) is 32.6 Å². The number of ether oxygens (including phenoxy) is 1. The van der Waals surface area contributed by atoms with Crippen LogP contribution in [-0.4, -0.2) is 13.7 Å². The number of methoxy groups -OCH3 is 1. The van der Waals surface area contributed by atoms with Crippen LogP contribution in [0.3, 0.4) is 0 Å². The van der Waals surface area contributed by atoms with E-state index in [4.69, 9.17) is 4.74 Å². The summed E-state index contributed by atoms with van der Waals surface area (Å²) in [5.41, 5.74) is 1.12. The molecule has 0 saturated carbocycles. The van der Waals surface area contributed by atoms with Crippen LogP contribution >= 0.6 is 15.9 Å². The average Bonchev–Trinajstić information content (AvgIpc) is 2.31. The number of halogens is 1. The van der Waals surface area contributed by atoms with Gasteiger partial charge < -0.3 is 10.1 Å². The van der Waals surface area contributed by atoms with Crippen LogP contribution in [0.4, 0.5) is 5.69 Å². The van der Waals surface area contributed by atoms with E-state index >= 15 is 0 Å². The number of nitrogens with one attached hydrogen (secondary N) is 1. The Morgan fingerprint density at radius 1 is 1.25 bits per heavy atom. The van der Waals surface area contributed by atoms with E-state index in [0.717, 1.165) is 22.5 Å². The molecular weight excluding hydrogens is 266 g/mol. The quantitative estimate of drug-likeness (QED) is 0.748. The molecule has 0 bridgehead atoms. The fourth-order valence-corrected chi connectivity index (χ4v) is 1.96.